The van der Waals surface area contributed by atoms with Crippen LogP contribution in [0.2, 0.25) is 0 Å². The van der Waals surface area contributed by atoms with Crippen molar-refractivity contribution in [1.82, 2.24) is 15.0 Å². The first-order valence-electron chi connectivity index (χ1n) is 6.32. The predicted octanol–water partition coefficient (Wildman–Crippen LogP) is 1.43. The Bertz CT molecular complexity index is 674. The van der Waals surface area contributed by atoms with Crippen molar-refractivity contribution < 1.29 is 14.7 Å². The maximum Gasteiger partial charge on any atom is 0.313 e. The van der Waals surface area contributed by atoms with E-state index in [0.717, 1.165) is 0 Å². The van der Waals surface area contributed by atoms with Gasteiger partial charge in [0, 0.05) is 12.7 Å². The van der Waals surface area contributed by atoms with Gasteiger partial charge < -0.3 is 10.4 Å². The lowest BCUT2D eigenvalue weighted by atomic mass is 9.85. The average molecular weight is 288 g/mol. The molecule has 0 radical (unpaired) electrons. The van der Waals surface area contributed by atoms with Crippen LogP contribution < -0.4 is 5.32 Å². The third-order valence-corrected chi connectivity index (χ3v) is 3.23. The Morgan fingerprint density at radius 1 is 1.24 bits per heavy atom. The van der Waals surface area contributed by atoms with Gasteiger partial charge in [-0.25, -0.2) is 0 Å². The van der Waals surface area contributed by atoms with Crippen LogP contribution in [0.5, 0.6) is 0 Å². The van der Waals surface area contributed by atoms with Crippen LogP contribution in [0.15, 0.2) is 30.5 Å². The lowest BCUT2D eigenvalue weighted by molar-refractivity contribution is -0.142. The number of nitrogens with one attached hydrogen (secondary N) is 1. The summed E-state index contributed by atoms with van der Waals surface area (Å²) < 4.78 is 1.44. The Morgan fingerprint density at radius 2 is 1.86 bits per heavy atom. The van der Waals surface area contributed by atoms with E-state index in [9.17, 15) is 14.7 Å². The molecule has 0 saturated carbocycles. The van der Waals surface area contributed by atoms with Gasteiger partial charge in [0.1, 0.15) is 0 Å². The molecule has 21 heavy (non-hydrogen) atoms. The Balaban J connectivity index is 2.13. The van der Waals surface area contributed by atoms with Gasteiger partial charge >= 0.3 is 5.97 Å². The lowest BCUT2D eigenvalue weighted by Gasteiger charge is -2.19. The molecule has 0 spiro atoms. The zero-order valence-corrected chi connectivity index (χ0v) is 12.0. The van der Waals surface area contributed by atoms with Crippen LogP contribution in [0.25, 0.3) is 0 Å². The van der Waals surface area contributed by atoms with E-state index in [-0.39, 0.29) is 11.6 Å². The van der Waals surface area contributed by atoms with Crippen LogP contribution in [-0.2, 0) is 17.3 Å². The number of hydrogen-bond acceptors (Lipinski definition) is 4. The minimum Gasteiger partial charge on any atom is -0.481 e. The number of aromatic nitrogens is 3. The van der Waals surface area contributed by atoms with Gasteiger partial charge in [-0.15, -0.1) is 5.10 Å². The summed E-state index contributed by atoms with van der Waals surface area (Å²) in [5, 5.41) is 19.3. The molecule has 1 aromatic heterocycles. The summed E-state index contributed by atoms with van der Waals surface area (Å²) in [5.41, 5.74) is 0.462. The van der Waals surface area contributed by atoms with Gasteiger partial charge in [0.05, 0.1) is 11.6 Å². The highest BCUT2D eigenvalue weighted by Crippen LogP contribution is 2.24. The van der Waals surface area contributed by atoms with Crippen molar-refractivity contribution in [2.75, 3.05) is 5.32 Å². The van der Waals surface area contributed by atoms with Crippen LogP contribution in [0.3, 0.4) is 0 Å². The van der Waals surface area contributed by atoms with Gasteiger partial charge in [-0.1, -0.05) is 17.3 Å². The largest absolute Gasteiger partial charge is 0.481 e. The lowest BCUT2D eigenvalue weighted by Crippen LogP contribution is -2.28. The second-order valence-corrected chi connectivity index (χ2v) is 5.24. The first kappa shape index (κ1) is 14.7. The van der Waals surface area contributed by atoms with Crippen molar-refractivity contribution in [1.29, 1.82) is 0 Å². The van der Waals surface area contributed by atoms with Crippen molar-refractivity contribution >= 4 is 17.6 Å². The molecule has 0 unspecified atom stereocenters. The Kier molecular flexibility index (Phi) is 3.75. The smallest absolute Gasteiger partial charge is 0.313 e. The first-order chi connectivity index (χ1) is 9.80. The summed E-state index contributed by atoms with van der Waals surface area (Å²) in [4.78, 5) is 23.1. The molecule has 0 aliphatic rings. The summed E-state index contributed by atoms with van der Waals surface area (Å²) >= 11 is 0. The monoisotopic (exact) mass is 288 g/mol. The molecular formula is C14H16N4O3. The highest BCUT2D eigenvalue weighted by Gasteiger charge is 2.29. The third-order valence-electron chi connectivity index (χ3n) is 3.23. The number of carboxylic acid groups (broad SMARTS) is 1. The van der Waals surface area contributed by atoms with Crippen LogP contribution in [0, 0.1) is 0 Å². The molecule has 0 aliphatic carbocycles. The standard InChI is InChI=1S/C14H16N4O3/c1-14(2,13(20)21)9-4-6-10(7-5-9)15-12(19)11-8-18(3)17-16-11/h4-8H,1-3H3,(H,15,19)(H,20,21). The number of benzene rings is 1. The number of aliphatic carboxylic acids is 1. The second kappa shape index (κ2) is 5.35. The van der Waals surface area contributed by atoms with Gasteiger partial charge in [0.25, 0.3) is 5.91 Å². The van der Waals surface area contributed by atoms with E-state index in [1.54, 1.807) is 45.2 Å². The summed E-state index contributed by atoms with van der Waals surface area (Å²) in [5.74, 6) is -1.27. The quantitative estimate of drug-likeness (QED) is 0.887. The highest BCUT2D eigenvalue weighted by molar-refractivity contribution is 6.02. The first-order valence-corrected chi connectivity index (χ1v) is 6.32. The average Bonchev–Trinajstić information content (AvgIpc) is 2.86. The Morgan fingerprint density at radius 3 is 2.33 bits per heavy atom. The molecule has 0 fully saturated rings. The summed E-state index contributed by atoms with van der Waals surface area (Å²) in [7, 11) is 1.67. The molecule has 2 rings (SSSR count). The zero-order valence-electron chi connectivity index (χ0n) is 12.0. The fourth-order valence-electron chi connectivity index (χ4n) is 1.74. The minimum absolute atomic E-state index is 0.215. The molecule has 0 saturated heterocycles. The van der Waals surface area contributed by atoms with Crippen LogP contribution in [0.4, 0.5) is 5.69 Å². The van der Waals surface area contributed by atoms with Crippen molar-refractivity contribution in [2.24, 2.45) is 7.05 Å². The molecule has 2 N–H and O–H groups in total. The molecule has 1 aromatic carbocycles. The minimum atomic E-state index is -0.979. The van der Waals surface area contributed by atoms with Crippen molar-refractivity contribution in [3.63, 3.8) is 0 Å². The zero-order chi connectivity index (χ0) is 15.6. The molecule has 2 aromatic rings. The van der Waals surface area contributed by atoms with Crippen molar-refractivity contribution in [3.05, 3.63) is 41.7 Å². The second-order valence-electron chi connectivity index (χ2n) is 5.24. The molecule has 110 valence electrons. The molecule has 0 atom stereocenters. The van der Waals surface area contributed by atoms with Crippen molar-refractivity contribution in [2.45, 2.75) is 19.3 Å². The van der Waals surface area contributed by atoms with E-state index in [0.29, 0.717) is 11.3 Å². The van der Waals surface area contributed by atoms with Gasteiger partial charge in [-0.2, -0.15) is 0 Å². The fourth-order valence-corrected chi connectivity index (χ4v) is 1.74. The molecular weight excluding hydrogens is 272 g/mol. The van der Waals surface area contributed by atoms with E-state index in [1.807, 2.05) is 0 Å². The van der Waals surface area contributed by atoms with Gasteiger partial charge in [0.2, 0.25) is 0 Å². The van der Waals surface area contributed by atoms with Crippen LogP contribution >= 0.6 is 0 Å². The van der Waals surface area contributed by atoms with Crippen LogP contribution in [-0.4, -0.2) is 32.0 Å². The summed E-state index contributed by atoms with van der Waals surface area (Å²) in [6.45, 7) is 3.25. The summed E-state index contributed by atoms with van der Waals surface area (Å²) in [6.07, 6.45) is 1.51. The Labute approximate surface area is 121 Å². The van der Waals surface area contributed by atoms with Gasteiger partial charge in [-0.3, -0.25) is 14.3 Å². The van der Waals surface area contributed by atoms with Crippen molar-refractivity contribution in [3.8, 4) is 0 Å². The maximum absolute atomic E-state index is 11.9. The molecule has 7 heteroatoms. The number of rotatable bonds is 4. The molecule has 1 amide bonds. The number of carbonyl (C=O) groups is 2. The van der Waals surface area contributed by atoms with Crippen LogP contribution in [0.1, 0.15) is 29.9 Å². The van der Waals surface area contributed by atoms with Gasteiger partial charge in [-0.05, 0) is 31.5 Å². The Hall–Kier alpha value is -2.70. The molecule has 1 heterocycles. The molecule has 0 aliphatic heterocycles. The fraction of sp³-hybridized carbons (Fsp3) is 0.286. The molecule has 0 bridgehead atoms. The topological polar surface area (TPSA) is 97.1 Å². The third kappa shape index (κ3) is 3.07. The van der Waals surface area contributed by atoms with E-state index in [1.165, 1.54) is 10.9 Å². The van der Waals surface area contributed by atoms with E-state index < -0.39 is 11.4 Å². The number of amides is 1. The number of anilines is 1. The maximum atomic E-state index is 11.9. The molecule has 7 nitrogen and oxygen atoms in total. The van der Waals surface area contributed by atoms with E-state index in [2.05, 4.69) is 15.6 Å². The number of nitrogens with zero attached hydrogens (tertiary/aromatic N) is 3. The van der Waals surface area contributed by atoms with E-state index >= 15 is 0 Å². The number of carbonyl (C=O) groups excluding carboxylic acids is 1. The SMILES string of the molecule is Cn1cc(C(=O)Nc2ccc(C(C)(C)C(=O)O)cc2)nn1. The number of hydrogen-bond donors (Lipinski definition) is 2. The van der Waals surface area contributed by atoms with Gasteiger partial charge in [0.15, 0.2) is 5.69 Å². The van der Waals surface area contributed by atoms with E-state index in [4.69, 9.17) is 0 Å². The number of carboxylic acids is 1. The predicted molar refractivity (Wildman–Crippen MR) is 76.1 cm³/mol. The summed E-state index contributed by atoms with van der Waals surface area (Å²) in [6, 6.07) is 6.68. The highest BCUT2D eigenvalue weighted by atomic mass is 16.4. The normalized spacial score (nSPS) is 11.2. The number of aryl methyl sites for hydroxylation is 1.